The van der Waals surface area contributed by atoms with Gasteiger partial charge in [-0.05, 0) is 24.3 Å². The van der Waals surface area contributed by atoms with Gasteiger partial charge < -0.3 is 10.5 Å². The minimum Gasteiger partial charge on any atom is -0.426 e. The number of hydrogen-bond donors (Lipinski definition) is 1. The van der Waals surface area contributed by atoms with Crippen molar-refractivity contribution in [3.63, 3.8) is 0 Å². The standard InChI is InChI=1S/C22H17N7O2/c1-14(30)31-21-8-3-2-6-17(21)12-29-13-20(27-28-29)19-10-18(25-22(24)26-19)16-7-4-5-15(9-16)11-23/h2-10,13H,12H2,1H3,(H2,24,25,26). The van der Waals surface area contributed by atoms with E-state index in [2.05, 4.69) is 26.3 Å². The van der Waals surface area contributed by atoms with Gasteiger partial charge in [0, 0.05) is 18.1 Å². The zero-order chi connectivity index (χ0) is 21.8. The van der Waals surface area contributed by atoms with Gasteiger partial charge in [-0.15, -0.1) is 5.10 Å². The van der Waals surface area contributed by atoms with Crippen LogP contribution in [0.25, 0.3) is 22.6 Å². The molecule has 2 aromatic heterocycles. The fourth-order valence-corrected chi connectivity index (χ4v) is 3.05. The van der Waals surface area contributed by atoms with Crippen molar-refractivity contribution in [3.05, 3.63) is 71.9 Å². The van der Waals surface area contributed by atoms with Gasteiger partial charge in [-0.2, -0.15) is 5.26 Å². The Morgan fingerprint density at radius 1 is 1.10 bits per heavy atom. The number of nitrogens with zero attached hydrogens (tertiary/aromatic N) is 6. The molecule has 152 valence electrons. The maximum atomic E-state index is 11.3. The molecule has 31 heavy (non-hydrogen) atoms. The van der Waals surface area contributed by atoms with Crippen LogP contribution in [0.2, 0.25) is 0 Å². The number of nitriles is 1. The van der Waals surface area contributed by atoms with Gasteiger partial charge in [-0.1, -0.05) is 35.5 Å². The molecule has 4 rings (SSSR count). The quantitative estimate of drug-likeness (QED) is 0.391. The number of nitrogen functional groups attached to an aromatic ring is 1. The number of benzene rings is 2. The molecule has 0 atom stereocenters. The molecule has 2 heterocycles. The number of nitrogens with two attached hydrogens (primary N) is 1. The zero-order valence-corrected chi connectivity index (χ0v) is 16.6. The molecule has 0 spiro atoms. The molecule has 0 amide bonds. The van der Waals surface area contributed by atoms with E-state index in [1.54, 1.807) is 47.3 Å². The molecular weight excluding hydrogens is 394 g/mol. The lowest BCUT2D eigenvalue weighted by molar-refractivity contribution is -0.131. The lowest BCUT2D eigenvalue weighted by atomic mass is 10.1. The summed E-state index contributed by atoms with van der Waals surface area (Å²) in [5.74, 6) is 0.166. The molecule has 0 aliphatic heterocycles. The van der Waals surface area contributed by atoms with Gasteiger partial charge in [0.15, 0.2) is 0 Å². The summed E-state index contributed by atoms with van der Waals surface area (Å²) in [4.78, 5) is 19.9. The van der Waals surface area contributed by atoms with E-state index in [1.165, 1.54) is 6.92 Å². The van der Waals surface area contributed by atoms with E-state index in [1.807, 2.05) is 18.2 Å². The number of aromatic nitrogens is 5. The topological polar surface area (TPSA) is 133 Å². The molecule has 2 aromatic carbocycles. The molecule has 0 saturated carbocycles. The predicted molar refractivity (Wildman–Crippen MR) is 112 cm³/mol. The van der Waals surface area contributed by atoms with Crippen molar-refractivity contribution in [2.75, 3.05) is 5.73 Å². The van der Waals surface area contributed by atoms with E-state index >= 15 is 0 Å². The van der Waals surface area contributed by atoms with Crippen molar-refractivity contribution in [3.8, 4) is 34.5 Å². The first-order chi connectivity index (χ1) is 15.0. The average molecular weight is 411 g/mol. The fraction of sp³-hybridized carbons (Fsp3) is 0.0909. The van der Waals surface area contributed by atoms with Crippen molar-refractivity contribution in [2.45, 2.75) is 13.5 Å². The van der Waals surface area contributed by atoms with Gasteiger partial charge in [-0.25, -0.2) is 14.6 Å². The van der Waals surface area contributed by atoms with Crippen LogP contribution in [0.1, 0.15) is 18.1 Å². The third-order valence-corrected chi connectivity index (χ3v) is 4.39. The monoisotopic (exact) mass is 411 g/mol. The highest BCUT2D eigenvalue weighted by Crippen LogP contribution is 2.25. The van der Waals surface area contributed by atoms with Crippen LogP contribution in [0, 0.1) is 11.3 Å². The number of esters is 1. The van der Waals surface area contributed by atoms with Crippen molar-refractivity contribution in [2.24, 2.45) is 0 Å². The second-order valence-corrected chi connectivity index (χ2v) is 6.69. The number of rotatable bonds is 5. The molecule has 9 heteroatoms. The Hall–Kier alpha value is -4.58. The minimum atomic E-state index is -0.392. The van der Waals surface area contributed by atoms with Crippen molar-refractivity contribution in [1.29, 1.82) is 5.26 Å². The first kappa shape index (κ1) is 19.7. The Morgan fingerprint density at radius 3 is 2.71 bits per heavy atom. The van der Waals surface area contributed by atoms with E-state index in [0.717, 1.165) is 11.1 Å². The summed E-state index contributed by atoms with van der Waals surface area (Å²) in [7, 11) is 0. The number of hydrogen-bond acceptors (Lipinski definition) is 8. The van der Waals surface area contributed by atoms with Crippen molar-refractivity contribution >= 4 is 11.9 Å². The van der Waals surface area contributed by atoms with E-state index in [0.29, 0.717) is 34.9 Å². The molecule has 4 aromatic rings. The molecule has 0 aliphatic carbocycles. The van der Waals surface area contributed by atoms with Gasteiger partial charge in [0.1, 0.15) is 11.4 Å². The van der Waals surface area contributed by atoms with E-state index in [9.17, 15) is 4.79 Å². The zero-order valence-electron chi connectivity index (χ0n) is 16.6. The lowest BCUT2D eigenvalue weighted by Gasteiger charge is -2.08. The molecular formula is C22H17N7O2. The Kier molecular flexibility index (Phi) is 5.36. The molecule has 2 N–H and O–H groups in total. The third kappa shape index (κ3) is 4.54. The number of carbonyl (C=O) groups is 1. The van der Waals surface area contributed by atoms with Crippen molar-refractivity contribution in [1.82, 2.24) is 25.0 Å². The van der Waals surface area contributed by atoms with E-state index in [-0.39, 0.29) is 5.95 Å². The Morgan fingerprint density at radius 2 is 1.90 bits per heavy atom. The molecule has 0 unspecified atom stereocenters. The summed E-state index contributed by atoms with van der Waals surface area (Å²) in [6.07, 6.45) is 1.72. The van der Waals surface area contributed by atoms with Crippen LogP contribution >= 0.6 is 0 Å². The van der Waals surface area contributed by atoms with Gasteiger partial charge >= 0.3 is 5.97 Å². The third-order valence-electron chi connectivity index (χ3n) is 4.39. The van der Waals surface area contributed by atoms with E-state index in [4.69, 9.17) is 15.7 Å². The normalized spacial score (nSPS) is 10.5. The summed E-state index contributed by atoms with van der Waals surface area (Å²) in [6.45, 7) is 1.71. The maximum Gasteiger partial charge on any atom is 0.308 e. The van der Waals surface area contributed by atoms with Gasteiger partial charge in [0.05, 0.1) is 35.8 Å². The van der Waals surface area contributed by atoms with Crippen LogP contribution in [0.4, 0.5) is 5.95 Å². The molecule has 9 nitrogen and oxygen atoms in total. The number of anilines is 1. The second-order valence-electron chi connectivity index (χ2n) is 6.69. The van der Waals surface area contributed by atoms with Gasteiger partial charge in [-0.3, -0.25) is 4.79 Å². The summed E-state index contributed by atoms with van der Waals surface area (Å²) < 4.78 is 6.86. The highest BCUT2D eigenvalue weighted by atomic mass is 16.5. The van der Waals surface area contributed by atoms with Gasteiger partial charge in [0.25, 0.3) is 0 Å². The largest absolute Gasteiger partial charge is 0.426 e. The van der Waals surface area contributed by atoms with Crippen molar-refractivity contribution < 1.29 is 9.53 Å². The van der Waals surface area contributed by atoms with Crippen LogP contribution in [0.15, 0.2) is 60.8 Å². The number of carbonyl (C=O) groups excluding carboxylic acids is 1. The van der Waals surface area contributed by atoms with Gasteiger partial charge in [0.2, 0.25) is 5.95 Å². The Balaban J connectivity index is 1.63. The highest BCUT2D eigenvalue weighted by molar-refractivity contribution is 5.70. The first-order valence-electron chi connectivity index (χ1n) is 9.34. The van der Waals surface area contributed by atoms with E-state index < -0.39 is 5.97 Å². The molecule has 0 saturated heterocycles. The molecule has 0 radical (unpaired) electrons. The van der Waals surface area contributed by atoms with Crippen LogP contribution in [-0.4, -0.2) is 30.9 Å². The van der Waals surface area contributed by atoms with Crippen LogP contribution in [0.5, 0.6) is 5.75 Å². The summed E-state index contributed by atoms with van der Waals surface area (Å²) in [5, 5.41) is 17.5. The lowest BCUT2D eigenvalue weighted by Crippen LogP contribution is -2.07. The minimum absolute atomic E-state index is 0.0876. The molecule has 0 aliphatic rings. The summed E-state index contributed by atoms with van der Waals surface area (Å²) >= 11 is 0. The Bertz CT molecular complexity index is 1310. The summed E-state index contributed by atoms with van der Waals surface area (Å²) in [6, 6.07) is 18.1. The average Bonchev–Trinajstić information content (AvgIpc) is 3.23. The number of ether oxygens (including phenoxy) is 1. The van der Waals surface area contributed by atoms with Crippen LogP contribution in [0.3, 0.4) is 0 Å². The maximum absolute atomic E-state index is 11.3. The predicted octanol–water partition coefficient (Wildman–Crippen LogP) is 2.83. The number of para-hydroxylation sites is 1. The second kappa shape index (κ2) is 8.42. The fourth-order valence-electron chi connectivity index (χ4n) is 3.05. The SMILES string of the molecule is CC(=O)Oc1ccccc1Cn1cc(-c2cc(-c3cccc(C#N)c3)nc(N)n2)nn1. The van der Waals surface area contributed by atoms with Crippen LogP contribution in [-0.2, 0) is 11.3 Å². The molecule has 0 fully saturated rings. The highest BCUT2D eigenvalue weighted by Gasteiger charge is 2.12. The van der Waals surface area contributed by atoms with Crippen LogP contribution < -0.4 is 10.5 Å². The Labute approximate surface area is 177 Å². The smallest absolute Gasteiger partial charge is 0.308 e. The first-order valence-corrected chi connectivity index (χ1v) is 9.34. The molecule has 0 bridgehead atoms. The summed E-state index contributed by atoms with van der Waals surface area (Å²) in [5.41, 5.74) is 9.56.